The predicted molar refractivity (Wildman–Crippen MR) is 152 cm³/mol. The van der Waals surface area contributed by atoms with Gasteiger partial charge in [-0.1, -0.05) is 24.3 Å². The van der Waals surface area contributed by atoms with Crippen LogP contribution in [0.1, 0.15) is 56.4 Å². The van der Waals surface area contributed by atoms with Crippen molar-refractivity contribution in [3.63, 3.8) is 0 Å². The van der Waals surface area contributed by atoms with E-state index < -0.39 is 23.6 Å². The van der Waals surface area contributed by atoms with E-state index in [1.165, 1.54) is 0 Å². The molecule has 8 rings (SSSR count). The van der Waals surface area contributed by atoms with Crippen LogP contribution in [0.2, 0.25) is 0 Å². The Morgan fingerprint density at radius 3 is 2.64 bits per heavy atom. The first-order chi connectivity index (χ1) is 20.4. The number of nitrogens with zero attached hydrogens (tertiary/aromatic N) is 6. The predicted octanol–water partition coefficient (Wildman–Crippen LogP) is 4.99. The van der Waals surface area contributed by atoms with Gasteiger partial charge in [-0.05, 0) is 56.6 Å². The second kappa shape index (κ2) is 9.72. The fraction of sp³-hybridized carbons (Fsp3) is 0.548. The largest absolute Gasteiger partial charge is 0.465 e. The molecular weight excluding hydrogens is 542 g/mol. The molecule has 1 aromatic carbocycles. The molecule has 5 fully saturated rings. The zero-order valence-corrected chi connectivity index (χ0v) is 23.4. The second-order valence-corrected chi connectivity index (χ2v) is 12.7. The lowest BCUT2D eigenvalue weighted by molar-refractivity contribution is 0.107. The van der Waals surface area contributed by atoms with E-state index in [1.807, 2.05) is 29.2 Å². The zero-order chi connectivity index (χ0) is 28.6. The molecule has 1 saturated carbocycles. The van der Waals surface area contributed by atoms with Gasteiger partial charge in [-0.25, -0.2) is 13.6 Å². The van der Waals surface area contributed by atoms with Gasteiger partial charge in [0, 0.05) is 37.8 Å². The minimum absolute atomic E-state index is 0.0561. The fourth-order valence-electron chi connectivity index (χ4n) is 8.01. The molecule has 0 spiro atoms. The molecule has 1 amide bonds. The van der Waals surface area contributed by atoms with Gasteiger partial charge in [-0.15, -0.1) is 0 Å². The van der Waals surface area contributed by atoms with E-state index in [-0.39, 0.29) is 35.9 Å². The summed E-state index contributed by atoms with van der Waals surface area (Å²) >= 11 is 0. The summed E-state index contributed by atoms with van der Waals surface area (Å²) < 4.78 is 37.2. The molecule has 3 aromatic rings. The van der Waals surface area contributed by atoms with E-state index in [1.54, 1.807) is 11.1 Å². The molecule has 2 aromatic heterocycles. The summed E-state index contributed by atoms with van der Waals surface area (Å²) in [6, 6.07) is 7.56. The van der Waals surface area contributed by atoms with Crippen molar-refractivity contribution in [3.8, 4) is 17.3 Å². The van der Waals surface area contributed by atoms with Gasteiger partial charge in [0.05, 0.1) is 23.0 Å². The number of pyridine rings is 1. The zero-order valence-electron chi connectivity index (χ0n) is 23.4. The van der Waals surface area contributed by atoms with Crippen LogP contribution in [0.3, 0.4) is 0 Å². The first-order valence-electron chi connectivity index (χ1n) is 15.1. The van der Waals surface area contributed by atoms with Gasteiger partial charge in [0.1, 0.15) is 29.8 Å². The summed E-state index contributed by atoms with van der Waals surface area (Å²) in [7, 11) is 0. The van der Waals surface area contributed by atoms with Crippen LogP contribution in [0.5, 0.6) is 6.01 Å². The van der Waals surface area contributed by atoms with Gasteiger partial charge < -0.3 is 14.7 Å². The maximum absolute atomic E-state index is 16.5. The average molecular weight is 577 g/mol. The number of anilines is 1. The first kappa shape index (κ1) is 26.1. The van der Waals surface area contributed by atoms with Crippen LogP contribution in [-0.2, 0) is 0 Å². The van der Waals surface area contributed by atoms with E-state index in [2.05, 4.69) is 14.9 Å². The van der Waals surface area contributed by atoms with Crippen molar-refractivity contribution in [1.82, 2.24) is 24.8 Å². The third kappa shape index (κ3) is 4.19. The Balaban J connectivity index is 1.20. The average Bonchev–Trinajstić information content (AvgIpc) is 3.61. The third-order valence-corrected chi connectivity index (χ3v) is 10.1. The summed E-state index contributed by atoms with van der Waals surface area (Å²) in [6.45, 7) is 2.38. The Kier molecular flexibility index (Phi) is 6.03. The van der Waals surface area contributed by atoms with Crippen LogP contribution in [0.15, 0.2) is 30.5 Å². The van der Waals surface area contributed by atoms with Crippen molar-refractivity contribution in [1.29, 1.82) is 0 Å². The molecule has 1 N–H and O–H groups in total. The number of halogens is 2. The molecule has 220 valence electrons. The molecule has 2 bridgehead atoms. The molecule has 0 radical (unpaired) electrons. The first-order valence-corrected chi connectivity index (χ1v) is 15.1. The number of benzene rings is 1. The van der Waals surface area contributed by atoms with E-state index in [4.69, 9.17) is 9.72 Å². The molecule has 5 aliphatic rings. The van der Waals surface area contributed by atoms with Crippen molar-refractivity contribution < 1.29 is 23.4 Å². The lowest BCUT2D eigenvalue weighted by Gasteiger charge is -2.40. The molecule has 4 saturated heterocycles. The number of carbonyl (C=O) groups is 1. The highest BCUT2D eigenvalue weighted by atomic mass is 19.1. The minimum atomic E-state index is -0.909. The standard InChI is InChI=1S/C31H34F2N6O3/c32-19-12-31(10-3-11-38(31)14-19)17-42-29-35-27-24(28(36-29)37-15-20-8-9-21(16-37)39(20)30(40)41)13-34-26(25(27)33)23-5-2-1-4-22(23)18-6-7-18/h1-2,4-5,13,18-21H,3,6-12,14-17H2,(H,40,41)/t19-,20?,21?,31+/m1/s1. The fourth-order valence-corrected chi connectivity index (χ4v) is 8.01. The SMILES string of the molecule is O=C(O)N1C2CCC1CN(c1nc(OC[C@@]34CCCN3C[C@H](F)C4)nc3c(F)c(-c4ccccc4C4CC4)ncc13)C2. The van der Waals surface area contributed by atoms with Gasteiger partial charge in [-0.3, -0.25) is 14.8 Å². The lowest BCUT2D eigenvalue weighted by atomic mass is 9.95. The molecule has 11 heteroatoms. The number of piperazine rings is 1. The maximum atomic E-state index is 16.5. The van der Waals surface area contributed by atoms with Crippen LogP contribution >= 0.6 is 0 Å². The van der Waals surface area contributed by atoms with Crippen molar-refractivity contribution in [2.24, 2.45) is 0 Å². The van der Waals surface area contributed by atoms with E-state index in [0.717, 1.165) is 56.2 Å². The van der Waals surface area contributed by atoms with Crippen molar-refractivity contribution >= 4 is 22.8 Å². The quantitative estimate of drug-likeness (QED) is 0.439. The molecule has 6 heterocycles. The Morgan fingerprint density at radius 1 is 1.10 bits per heavy atom. The van der Waals surface area contributed by atoms with Gasteiger partial charge in [-0.2, -0.15) is 9.97 Å². The minimum Gasteiger partial charge on any atom is -0.465 e. The molecule has 1 aliphatic carbocycles. The monoisotopic (exact) mass is 576 g/mol. The molecule has 9 nitrogen and oxygen atoms in total. The summed E-state index contributed by atoms with van der Waals surface area (Å²) in [5.74, 6) is 0.394. The Bertz CT molecular complexity index is 1560. The number of aromatic nitrogens is 3. The molecule has 2 unspecified atom stereocenters. The number of hydrogen-bond acceptors (Lipinski definition) is 7. The summed E-state index contributed by atoms with van der Waals surface area (Å²) in [5.41, 5.74) is 1.87. The molecule has 4 atom stereocenters. The van der Waals surface area contributed by atoms with Crippen LogP contribution in [-0.4, -0.2) is 92.5 Å². The number of hydrogen-bond donors (Lipinski definition) is 1. The summed E-state index contributed by atoms with van der Waals surface area (Å²) in [6.07, 6.45) is 5.80. The smallest absolute Gasteiger partial charge is 0.407 e. The topological polar surface area (TPSA) is 94.9 Å². The van der Waals surface area contributed by atoms with Crippen molar-refractivity contribution in [2.75, 3.05) is 37.7 Å². The van der Waals surface area contributed by atoms with E-state index in [9.17, 15) is 14.3 Å². The second-order valence-electron chi connectivity index (χ2n) is 12.7. The van der Waals surface area contributed by atoms with Crippen LogP contribution in [0, 0.1) is 5.82 Å². The van der Waals surface area contributed by atoms with Gasteiger partial charge in [0.25, 0.3) is 0 Å². The number of alkyl halides is 1. The lowest BCUT2D eigenvalue weighted by Crippen LogP contribution is -2.55. The van der Waals surface area contributed by atoms with Crippen LogP contribution in [0.4, 0.5) is 19.4 Å². The van der Waals surface area contributed by atoms with E-state index >= 15 is 4.39 Å². The molecule has 4 aliphatic heterocycles. The molecular formula is C31H34F2N6O3. The van der Waals surface area contributed by atoms with Gasteiger partial charge in [0.2, 0.25) is 0 Å². The number of amides is 1. The highest BCUT2D eigenvalue weighted by Gasteiger charge is 2.49. The Labute approximate surface area is 242 Å². The highest BCUT2D eigenvalue weighted by Crippen LogP contribution is 2.45. The normalized spacial score (nSPS) is 29.0. The Hall–Kier alpha value is -3.60. The third-order valence-electron chi connectivity index (χ3n) is 10.1. The Morgan fingerprint density at radius 2 is 1.88 bits per heavy atom. The van der Waals surface area contributed by atoms with Gasteiger partial charge >= 0.3 is 12.1 Å². The number of carboxylic acid groups (broad SMARTS) is 1. The molecule has 42 heavy (non-hydrogen) atoms. The van der Waals surface area contributed by atoms with Crippen LogP contribution in [0.25, 0.3) is 22.2 Å². The van der Waals surface area contributed by atoms with Crippen molar-refractivity contribution in [2.45, 2.75) is 74.7 Å². The van der Waals surface area contributed by atoms with Gasteiger partial charge in [0.15, 0.2) is 5.82 Å². The maximum Gasteiger partial charge on any atom is 0.407 e. The van der Waals surface area contributed by atoms with E-state index in [0.29, 0.717) is 43.2 Å². The summed E-state index contributed by atoms with van der Waals surface area (Å²) in [4.78, 5) is 31.7. The number of rotatable bonds is 6. The summed E-state index contributed by atoms with van der Waals surface area (Å²) in [5, 5.41) is 10.2. The number of ether oxygens (including phenoxy) is 1. The number of fused-ring (bicyclic) bond motifs is 4. The highest BCUT2D eigenvalue weighted by molar-refractivity contribution is 5.92. The van der Waals surface area contributed by atoms with Crippen molar-refractivity contribution in [3.05, 3.63) is 41.8 Å². The van der Waals surface area contributed by atoms with Crippen LogP contribution < -0.4 is 9.64 Å².